The van der Waals surface area contributed by atoms with Gasteiger partial charge in [-0.15, -0.1) is 0 Å². The lowest BCUT2D eigenvalue weighted by Gasteiger charge is -1.98. The van der Waals surface area contributed by atoms with Gasteiger partial charge in [0.1, 0.15) is 0 Å². The first kappa shape index (κ1) is 22.9. The fourth-order valence-electron chi connectivity index (χ4n) is 2.10. The second-order valence-corrected chi connectivity index (χ2v) is 5.77. The molecule has 0 atom stereocenters. The molecule has 0 saturated carbocycles. The zero-order valence-corrected chi connectivity index (χ0v) is 15.5. The van der Waals surface area contributed by atoms with Crippen molar-refractivity contribution in [2.75, 3.05) is 0 Å². The van der Waals surface area contributed by atoms with Crippen LogP contribution < -0.4 is 0 Å². The smallest absolute Gasteiger partial charge is 0.301 e. The third-order valence-corrected chi connectivity index (χ3v) is 3.51. The van der Waals surface area contributed by atoms with Crippen molar-refractivity contribution in [1.82, 2.24) is 0 Å². The molecule has 0 unspecified atom stereocenters. The minimum atomic E-state index is -0.620. The third-order valence-electron chi connectivity index (χ3n) is 3.51. The van der Waals surface area contributed by atoms with Gasteiger partial charge in [0.2, 0.25) is 0 Å². The van der Waals surface area contributed by atoms with Crippen LogP contribution in [0.2, 0.25) is 0 Å². The van der Waals surface area contributed by atoms with Crippen molar-refractivity contribution in [3.8, 4) is 0 Å². The van der Waals surface area contributed by atoms with E-state index in [1.54, 1.807) is 0 Å². The molecule has 0 bridgehead atoms. The zero-order chi connectivity index (χ0) is 18.4. The maximum absolute atomic E-state index is 10.6. The maximum atomic E-state index is 10.6. The fraction of sp³-hybridized carbons (Fsp3) is 0.500. The Morgan fingerprint density at radius 2 is 1.56 bits per heavy atom. The summed E-state index contributed by atoms with van der Waals surface area (Å²) in [6.07, 6.45) is 26.2. The monoisotopic (exact) mass is 344 g/mol. The van der Waals surface area contributed by atoms with Crippen molar-refractivity contribution < 1.29 is 14.9 Å². The normalized spacial score (nSPS) is 11.0. The summed E-state index contributed by atoms with van der Waals surface area (Å²) >= 11 is 0. The number of carbonyl (C=O) groups excluding carboxylic acids is 1. The van der Waals surface area contributed by atoms with Crippen LogP contribution in [-0.4, -0.2) is 11.2 Å². The van der Waals surface area contributed by atoms with E-state index in [4.69, 9.17) is 5.26 Å². The summed E-state index contributed by atoms with van der Waals surface area (Å²) in [6, 6.07) is 0. The molecule has 0 aliphatic carbocycles. The summed E-state index contributed by atoms with van der Waals surface area (Å²) in [5.41, 5.74) is 6.04. The quantitative estimate of drug-likeness (QED) is 0.129. The molecule has 0 rings (SSSR count). The van der Waals surface area contributed by atoms with Gasteiger partial charge in [-0.05, 0) is 31.4 Å². The first-order valence-corrected chi connectivity index (χ1v) is 9.30. The lowest BCUT2D eigenvalue weighted by atomic mass is 10.1. The van der Waals surface area contributed by atoms with Gasteiger partial charge in [-0.2, -0.15) is 5.26 Å². The molecular formula is C22H32O3. The molecule has 0 aromatic rings. The van der Waals surface area contributed by atoms with E-state index in [1.807, 2.05) is 48.6 Å². The van der Waals surface area contributed by atoms with Gasteiger partial charge in [0.25, 0.3) is 0 Å². The third kappa shape index (κ3) is 19.9. The molecule has 0 saturated heterocycles. The van der Waals surface area contributed by atoms with Crippen LogP contribution in [-0.2, 0) is 9.68 Å². The van der Waals surface area contributed by atoms with Crippen LogP contribution in [0, 0.1) is 0 Å². The molecule has 0 heterocycles. The Labute approximate surface area is 152 Å². The van der Waals surface area contributed by atoms with Gasteiger partial charge < -0.3 is 4.89 Å². The molecule has 0 radical (unpaired) electrons. The van der Waals surface area contributed by atoms with Crippen LogP contribution in [0.3, 0.4) is 0 Å². The molecule has 3 nitrogen and oxygen atoms in total. The summed E-state index contributed by atoms with van der Waals surface area (Å²) < 4.78 is 0. The minimum Gasteiger partial charge on any atom is -0.301 e. The fourth-order valence-corrected chi connectivity index (χ4v) is 2.10. The zero-order valence-electron chi connectivity index (χ0n) is 15.5. The van der Waals surface area contributed by atoms with Gasteiger partial charge in [0, 0.05) is 0 Å². The predicted octanol–water partition coefficient (Wildman–Crippen LogP) is 6.46. The molecule has 138 valence electrons. The van der Waals surface area contributed by atoms with Gasteiger partial charge in [-0.1, -0.05) is 93.4 Å². The Kier molecular flexibility index (Phi) is 18.4. The largest absolute Gasteiger partial charge is 0.342 e. The molecule has 3 heteroatoms. The van der Waals surface area contributed by atoms with E-state index < -0.39 is 5.97 Å². The molecule has 0 aromatic heterocycles. The Bertz CT molecular complexity index is 499. The van der Waals surface area contributed by atoms with Crippen molar-refractivity contribution in [1.29, 1.82) is 0 Å². The van der Waals surface area contributed by atoms with E-state index in [1.165, 1.54) is 44.9 Å². The minimum absolute atomic E-state index is 0.176. The van der Waals surface area contributed by atoms with Crippen LogP contribution in [0.25, 0.3) is 0 Å². The van der Waals surface area contributed by atoms with Gasteiger partial charge in [0.15, 0.2) is 0 Å². The molecule has 0 spiro atoms. The average Bonchev–Trinajstić information content (AvgIpc) is 2.63. The molecule has 0 fully saturated rings. The van der Waals surface area contributed by atoms with Crippen LogP contribution in [0.1, 0.15) is 71.1 Å². The highest BCUT2D eigenvalue weighted by atomic mass is 17.1. The highest BCUT2D eigenvalue weighted by Crippen LogP contribution is 2.08. The first-order valence-electron chi connectivity index (χ1n) is 9.30. The Hall–Kier alpha value is -2.05. The maximum Gasteiger partial charge on any atom is 0.342 e. The van der Waals surface area contributed by atoms with Gasteiger partial charge in [0.05, 0.1) is 6.42 Å². The molecule has 25 heavy (non-hydrogen) atoms. The van der Waals surface area contributed by atoms with E-state index >= 15 is 0 Å². The van der Waals surface area contributed by atoms with Crippen molar-refractivity contribution in [3.63, 3.8) is 0 Å². The lowest BCUT2D eigenvalue weighted by Crippen LogP contribution is -1.98. The van der Waals surface area contributed by atoms with Crippen molar-refractivity contribution in [2.45, 2.75) is 71.1 Å². The Morgan fingerprint density at radius 3 is 2.32 bits per heavy atom. The molecule has 1 N–H and O–H groups in total. The standard InChI is InChI=1S/C22H32O3/c1-2-3-4-5-6-7-8-9-10-11-12-13-14-15-16-17-18-19-20-21-22(23)25-24/h10,13-19,24H,2-9,20-21H2,1H3/b13-10?,15-14+,17-16+,19-18+. The summed E-state index contributed by atoms with van der Waals surface area (Å²) in [5, 5.41) is 8.07. The SMILES string of the molecule is CCCCCCCCCC=C=C=C/C=C/C=C/C=C/CCC(=O)OO. The van der Waals surface area contributed by atoms with Crippen LogP contribution in [0.5, 0.6) is 0 Å². The van der Waals surface area contributed by atoms with E-state index in [2.05, 4.69) is 23.3 Å². The predicted molar refractivity (Wildman–Crippen MR) is 104 cm³/mol. The highest BCUT2D eigenvalue weighted by Gasteiger charge is 1.97. The number of carbonyl (C=O) groups is 1. The van der Waals surface area contributed by atoms with Crippen molar-refractivity contribution >= 4 is 5.97 Å². The van der Waals surface area contributed by atoms with E-state index in [0.717, 1.165) is 6.42 Å². The van der Waals surface area contributed by atoms with E-state index in [9.17, 15) is 4.79 Å². The van der Waals surface area contributed by atoms with Gasteiger partial charge in [-0.3, -0.25) is 0 Å². The molecule has 0 amide bonds. The molecule has 0 aliphatic rings. The van der Waals surface area contributed by atoms with Crippen LogP contribution in [0.4, 0.5) is 0 Å². The van der Waals surface area contributed by atoms with Crippen molar-refractivity contribution in [3.05, 3.63) is 60.1 Å². The second kappa shape index (κ2) is 20.0. The second-order valence-electron chi connectivity index (χ2n) is 5.77. The average molecular weight is 344 g/mol. The summed E-state index contributed by atoms with van der Waals surface area (Å²) in [7, 11) is 0. The van der Waals surface area contributed by atoms with Gasteiger partial charge in [-0.25, -0.2) is 4.79 Å². The van der Waals surface area contributed by atoms with Crippen molar-refractivity contribution in [2.24, 2.45) is 0 Å². The molecular weight excluding hydrogens is 312 g/mol. The number of hydrogen-bond donors (Lipinski definition) is 1. The van der Waals surface area contributed by atoms with Crippen LogP contribution in [0.15, 0.2) is 60.1 Å². The summed E-state index contributed by atoms with van der Waals surface area (Å²) in [5.74, 6) is -0.620. The first-order chi connectivity index (χ1) is 12.3. The number of rotatable bonds is 14. The topological polar surface area (TPSA) is 46.5 Å². The van der Waals surface area contributed by atoms with Gasteiger partial charge >= 0.3 is 5.97 Å². The number of unbranched alkanes of at least 4 members (excludes halogenated alkanes) is 7. The summed E-state index contributed by atoms with van der Waals surface area (Å²) in [6.45, 7) is 2.25. The van der Waals surface area contributed by atoms with E-state index in [0.29, 0.717) is 6.42 Å². The van der Waals surface area contributed by atoms with E-state index in [-0.39, 0.29) is 6.42 Å². The van der Waals surface area contributed by atoms with Crippen LogP contribution >= 0.6 is 0 Å². The highest BCUT2D eigenvalue weighted by molar-refractivity contribution is 5.68. The molecule has 0 aromatic carbocycles. The molecule has 0 aliphatic heterocycles. The summed E-state index contributed by atoms with van der Waals surface area (Å²) in [4.78, 5) is 14.2. The Morgan fingerprint density at radius 1 is 0.880 bits per heavy atom. The lowest BCUT2D eigenvalue weighted by molar-refractivity contribution is -0.234. The number of allylic oxidation sites excluding steroid dienone is 8. The Balaban J connectivity index is 3.68. The number of hydrogen-bond acceptors (Lipinski definition) is 3.